The summed E-state index contributed by atoms with van der Waals surface area (Å²) in [6.07, 6.45) is 3.25. The van der Waals surface area contributed by atoms with Gasteiger partial charge in [-0.25, -0.2) is 14.4 Å². The molecule has 4 amide bonds. The molecule has 14 heteroatoms. The number of aliphatic hydroxyl groups excluding tert-OH is 1. The Balaban J connectivity index is 1.97. The van der Waals surface area contributed by atoms with Gasteiger partial charge in [-0.15, -0.1) is 13.2 Å². The van der Waals surface area contributed by atoms with E-state index in [4.69, 9.17) is 24.1 Å². The first-order valence-electron chi connectivity index (χ1n) is 17.3. The molecule has 5 N–H and O–H groups in total. The van der Waals surface area contributed by atoms with Crippen molar-refractivity contribution in [1.29, 1.82) is 0 Å². The number of carbonyl (C=O) groups excluding carboxylic acids is 5. The van der Waals surface area contributed by atoms with Crippen LogP contribution < -0.4 is 21.3 Å². The monoisotopic (exact) mass is 724 g/mol. The minimum Gasteiger partial charge on any atom is -0.462 e. The molecule has 0 aliphatic heterocycles. The molecular formula is C38H52N4O10. The average molecular weight is 725 g/mol. The Morgan fingerprint density at radius 1 is 0.731 bits per heavy atom. The van der Waals surface area contributed by atoms with E-state index in [1.54, 1.807) is 18.2 Å². The lowest BCUT2D eigenvalue weighted by Gasteiger charge is -2.23. The molecule has 2 rings (SSSR count). The molecule has 0 saturated heterocycles. The van der Waals surface area contributed by atoms with Crippen LogP contribution in [0, 0.1) is 5.92 Å². The molecule has 0 aliphatic carbocycles. The van der Waals surface area contributed by atoms with Gasteiger partial charge in [0.15, 0.2) is 0 Å². The number of alkyl carbamates (subject to hydrolysis) is 2. The summed E-state index contributed by atoms with van der Waals surface area (Å²) in [6.45, 7) is 8.06. The zero-order valence-corrected chi connectivity index (χ0v) is 29.6. The Morgan fingerprint density at radius 3 is 1.98 bits per heavy atom. The van der Waals surface area contributed by atoms with Crippen molar-refractivity contribution < 1.29 is 48.0 Å². The van der Waals surface area contributed by atoms with Gasteiger partial charge >= 0.3 is 18.2 Å². The number of benzene rings is 2. The number of carbonyl (C=O) groups is 5. The molecule has 0 aliphatic rings. The molecule has 3 unspecified atom stereocenters. The predicted molar refractivity (Wildman–Crippen MR) is 194 cm³/mol. The van der Waals surface area contributed by atoms with Crippen LogP contribution in [0.5, 0.6) is 0 Å². The fraction of sp³-hybridized carbons (Fsp3) is 0.447. The number of nitrogens with one attached hydrogen (secondary N) is 4. The van der Waals surface area contributed by atoms with E-state index in [2.05, 4.69) is 34.4 Å². The van der Waals surface area contributed by atoms with E-state index in [1.165, 1.54) is 6.08 Å². The molecule has 2 aromatic rings. The van der Waals surface area contributed by atoms with Gasteiger partial charge in [0, 0.05) is 19.5 Å². The number of rotatable bonds is 26. The number of amides is 4. The second-order valence-electron chi connectivity index (χ2n) is 11.7. The van der Waals surface area contributed by atoms with Gasteiger partial charge in [0.2, 0.25) is 11.8 Å². The third kappa shape index (κ3) is 19.3. The maximum absolute atomic E-state index is 13.4. The Bertz CT molecular complexity index is 1380. The summed E-state index contributed by atoms with van der Waals surface area (Å²) in [6, 6.07) is 16.6. The molecule has 14 nitrogen and oxygen atoms in total. The molecular weight excluding hydrogens is 672 g/mol. The minimum absolute atomic E-state index is 0.0115. The van der Waals surface area contributed by atoms with Crippen molar-refractivity contribution >= 4 is 30.0 Å². The first-order valence-corrected chi connectivity index (χ1v) is 17.3. The van der Waals surface area contributed by atoms with Gasteiger partial charge < -0.3 is 45.3 Å². The van der Waals surface area contributed by atoms with Crippen LogP contribution in [0.15, 0.2) is 86.0 Å². The van der Waals surface area contributed by atoms with E-state index in [9.17, 15) is 24.0 Å². The first-order chi connectivity index (χ1) is 25.2. The standard InChI is InChI=1S/C38H52N4O10/c1-3-13-31(25-34(44)39-21-23-49-24-22-43)35(45)41-32(19-11-12-20-40-37(47)51-26-29-15-7-5-8-16-29)28-50-36(46)33(14-4-2)42-38(48)52-27-30-17-9-6-10-18-30/h3-10,15-18,31-33,43H,1-2,11-14,19-28H2,(H,39,44)(H,40,47)(H,41,45)(H,42,48). The fourth-order valence-corrected chi connectivity index (χ4v) is 4.78. The van der Waals surface area contributed by atoms with E-state index in [0.29, 0.717) is 25.8 Å². The van der Waals surface area contributed by atoms with Crippen molar-refractivity contribution in [3.8, 4) is 0 Å². The topological polar surface area (TPSA) is 191 Å². The van der Waals surface area contributed by atoms with Gasteiger partial charge in [-0.2, -0.15) is 0 Å². The SMILES string of the molecule is C=CCC(CC(=O)NCCOCCO)C(=O)NC(CCCCNC(=O)OCc1ccccc1)COC(=O)C(CC=C)NC(=O)OCc1ccccc1. The van der Waals surface area contributed by atoms with Gasteiger partial charge in [-0.3, -0.25) is 9.59 Å². The van der Waals surface area contributed by atoms with Gasteiger partial charge in [-0.05, 0) is 43.2 Å². The van der Waals surface area contributed by atoms with Crippen LogP contribution in [0.4, 0.5) is 9.59 Å². The van der Waals surface area contributed by atoms with Gasteiger partial charge in [0.1, 0.15) is 25.9 Å². The summed E-state index contributed by atoms with van der Waals surface area (Å²) in [4.78, 5) is 63.6. The van der Waals surface area contributed by atoms with Crippen molar-refractivity contribution in [2.45, 2.75) is 63.8 Å². The zero-order chi connectivity index (χ0) is 37.8. The summed E-state index contributed by atoms with van der Waals surface area (Å²) < 4.78 is 21.2. The molecule has 284 valence electrons. The summed E-state index contributed by atoms with van der Waals surface area (Å²) in [5.74, 6) is -2.28. The molecule has 0 heterocycles. The zero-order valence-electron chi connectivity index (χ0n) is 29.6. The Kier molecular flexibility index (Phi) is 22.0. The lowest BCUT2D eigenvalue weighted by Crippen LogP contribution is -2.46. The Labute approximate surface area is 305 Å². The number of ether oxygens (including phenoxy) is 4. The van der Waals surface area contributed by atoms with Gasteiger partial charge in [-0.1, -0.05) is 72.8 Å². The van der Waals surface area contributed by atoms with Crippen molar-refractivity contribution in [3.05, 3.63) is 97.1 Å². The van der Waals surface area contributed by atoms with Crippen molar-refractivity contribution in [2.24, 2.45) is 5.92 Å². The molecule has 0 radical (unpaired) electrons. The minimum atomic E-state index is -1.08. The van der Waals surface area contributed by atoms with Crippen LogP contribution in [0.25, 0.3) is 0 Å². The van der Waals surface area contributed by atoms with Crippen LogP contribution in [0.3, 0.4) is 0 Å². The highest BCUT2D eigenvalue weighted by Crippen LogP contribution is 2.13. The highest BCUT2D eigenvalue weighted by Gasteiger charge is 2.26. The smallest absolute Gasteiger partial charge is 0.408 e. The number of allylic oxidation sites excluding steroid dienone is 1. The number of hydrogen-bond donors (Lipinski definition) is 5. The molecule has 0 aromatic heterocycles. The Morgan fingerprint density at radius 2 is 1.37 bits per heavy atom. The summed E-state index contributed by atoms with van der Waals surface area (Å²) >= 11 is 0. The Hall–Kier alpha value is -5.21. The number of esters is 1. The van der Waals surface area contributed by atoms with E-state index in [0.717, 1.165) is 11.1 Å². The van der Waals surface area contributed by atoms with Crippen LogP contribution in [0.1, 0.15) is 49.7 Å². The van der Waals surface area contributed by atoms with Crippen LogP contribution >= 0.6 is 0 Å². The largest absolute Gasteiger partial charge is 0.462 e. The molecule has 0 spiro atoms. The van der Waals surface area contributed by atoms with E-state index >= 15 is 0 Å². The third-order valence-corrected chi connectivity index (χ3v) is 7.48. The highest BCUT2D eigenvalue weighted by atomic mass is 16.6. The summed E-state index contributed by atoms with van der Waals surface area (Å²) in [5.41, 5.74) is 1.64. The molecule has 3 atom stereocenters. The second kappa shape index (κ2) is 26.6. The first kappa shape index (κ1) is 43.0. The van der Waals surface area contributed by atoms with Crippen LogP contribution in [0.2, 0.25) is 0 Å². The molecule has 0 saturated carbocycles. The third-order valence-electron chi connectivity index (χ3n) is 7.48. The maximum atomic E-state index is 13.4. The quantitative estimate of drug-likeness (QED) is 0.0414. The fourth-order valence-electron chi connectivity index (χ4n) is 4.78. The predicted octanol–water partition coefficient (Wildman–Crippen LogP) is 3.69. The second-order valence-corrected chi connectivity index (χ2v) is 11.7. The molecule has 0 bridgehead atoms. The number of hydrogen-bond acceptors (Lipinski definition) is 10. The van der Waals surface area contributed by atoms with E-state index in [-0.39, 0.29) is 71.4 Å². The molecule has 2 aromatic carbocycles. The molecule has 0 fully saturated rings. The lowest BCUT2D eigenvalue weighted by molar-refractivity contribution is -0.147. The van der Waals surface area contributed by atoms with E-state index < -0.39 is 42.1 Å². The average Bonchev–Trinajstić information content (AvgIpc) is 3.15. The number of unbranched alkanes of at least 4 members (excludes halogenated alkanes) is 1. The van der Waals surface area contributed by atoms with E-state index in [1.807, 2.05) is 48.5 Å². The van der Waals surface area contributed by atoms with Gasteiger partial charge in [0.25, 0.3) is 0 Å². The van der Waals surface area contributed by atoms with Crippen molar-refractivity contribution in [3.63, 3.8) is 0 Å². The van der Waals surface area contributed by atoms with Gasteiger partial charge in [0.05, 0.1) is 31.8 Å². The summed E-state index contributed by atoms with van der Waals surface area (Å²) in [5, 5.41) is 19.6. The highest BCUT2D eigenvalue weighted by molar-refractivity contribution is 5.86. The molecule has 52 heavy (non-hydrogen) atoms. The lowest BCUT2D eigenvalue weighted by atomic mass is 9.98. The van der Waals surface area contributed by atoms with Crippen molar-refractivity contribution in [2.75, 3.05) is 39.5 Å². The van der Waals surface area contributed by atoms with Crippen molar-refractivity contribution in [1.82, 2.24) is 21.3 Å². The maximum Gasteiger partial charge on any atom is 0.408 e. The summed E-state index contributed by atoms with van der Waals surface area (Å²) in [7, 11) is 0. The normalized spacial score (nSPS) is 12.2. The number of aliphatic hydroxyl groups is 1. The van der Waals surface area contributed by atoms with Crippen LogP contribution in [-0.2, 0) is 46.5 Å². The van der Waals surface area contributed by atoms with Crippen LogP contribution in [-0.4, -0.2) is 86.7 Å².